The summed E-state index contributed by atoms with van der Waals surface area (Å²) in [5.41, 5.74) is 21.2. The highest BCUT2D eigenvalue weighted by molar-refractivity contribution is 7.20. The van der Waals surface area contributed by atoms with Crippen LogP contribution in [-0.4, -0.2) is 58.5 Å². The van der Waals surface area contributed by atoms with Gasteiger partial charge in [0.15, 0.2) is 22.0 Å². The fourth-order valence-electron chi connectivity index (χ4n) is 23.9. The number of rotatable bonds is 15. The lowest BCUT2D eigenvalue weighted by molar-refractivity contribution is 0.669. The van der Waals surface area contributed by atoms with Crippen molar-refractivity contribution in [2.24, 2.45) is 0 Å². The molecule has 0 aliphatic carbocycles. The van der Waals surface area contributed by atoms with Crippen LogP contribution in [0.4, 0.5) is 0 Å². The lowest BCUT2D eigenvalue weighted by Crippen LogP contribution is -2.74. The van der Waals surface area contributed by atoms with Crippen molar-refractivity contribution < 1.29 is 4.42 Å². The summed E-state index contributed by atoms with van der Waals surface area (Å²) in [7, 11) is -5.52. The zero-order valence-electron chi connectivity index (χ0n) is 80.0. The minimum Gasteiger partial charge on any atom is -0.456 e. The van der Waals surface area contributed by atoms with Gasteiger partial charge < -0.3 is 22.7 Å². The van der Waals surface area contributed by atoms with Crippen LogP contribution in [0.5, 0.6) is 0 Å². The largest absolute Gasteiger partial charge is 0.456 e. The van der Waals surface area contributed by atoms with Gasteiger partial charge in [-0.05, 0) is 175 Å². The van der Waals surface area contributed by atoms with Gasteiger partial charge in [-0.1, -0.05) is 419 Å². The molecule has 8 aromatic heterocycles. The Kier molecular flexibility index (Phi) is 20.7. The fraction of sp³-hybridized carbons (Fsp3) is 0. The van der Waals surface area contributed by atoms with Gasteiger partial charge in [0.1, 0.15) is 11.2 Å². The van der Waals surface area contributed by atoms with Crippen LogP contribution in [0.25, 0.3) is 199 Å². The SMILES string of the molecule is c1ccc([Si](c2ccccc2)(c2ccccc2)c2cccc(-c3nc(-n4c5ccccc5c5ccccc54)nc(-n4c5ccccc5c5ccccc54)n3)c2)cc1.c1ccc([Si](c2ccccc2)(c2ccccc2)c2cccc(-n3c4ccccc4c4cc(-n5c6ccccc6c6ccccc65)ccc43)c2)cc1.c1ccc2c(c1)oc1ccc(-n3c4ccccc4c4cc(-n5c6ccccc6c6ccccc65)ccc43)cc12. The Labute approximate surface area is 849 Å². The molecule has 0 saturated carbocycles. The third-order valence-electron chi connectivity index (χ3n) is 30.1. The second-order valence-electron chi connectivity index (χ2n) is 38.0. The second-order valence-corrected chi connectivity index (χ2v) is 45.6. The first kappa shape index (κ1) is 85.8. The molecule has 30 aromatic rings. The molecular weight excluding hydrogens is 1820 g/mol. The zero-order chi connectivity index (χ0) is 97.0. The van der Waals surface area contributed by atoms with Gasteiger partial charge in [0, 0.05) is 104 Å². The molecule has 22 aromatic carbocycles. The van der Waals surface area contributed by atoms with Gasteiger partial charge in [-0.15, -0.1) is 0 Å². The van der Waals surface area contributed by atoms with Gasteiger partial charge in [0.05, 0.1) is 66.2 Å². The first-order valence-corrected chi connectivity index (χ1v) is 54.2. The van der Waals surface area contributed by atoms with Crippen molar-refractivity contribution in [3.63, 3.8) is 0 Å². The van der Waals surface area contributed by atoms with Crippen molar-refractivity contribution in [3.8, 4) is 46.0 Å². The Balaban J connectivity index is 0.000000108. The summed E-state index contributed by atoms with van der Waals surface area (Å²) in [6.07, 6.45) is 0. The predicted molar refractivity (Wildman–Crippen MR) is 619 cm³/mol. The summed E-state index contributed by atoms with van der Waals surface area (Å²) in [6.45, 7) is 0. The maximum atomic E-state index is 6.12. The Morgan fingerprint density at radius 2 is 0.367 bits per heavy atom. The summed E-state index contributed by atoms with van der Waals surface area (Å²) in [6, 6.07) is 200. The lowest BCUT2D eigenvalue weighted by Gasteiger charge is -2.34. The van der Waals surface area contributed by atoms with Crippen LogP contribution in [0.2, 0.25) is 0 Å². The van der Waals surface area contributed by atoms with Crippen LogP contribution in [0.15, 0.2) is 556 Å². The maximum absolute atomic E-state index is 6.12. The molecule has 0 saturated heterocycles. The molecule has 147 heavy (non-hydrogen) atoms. The molecule has 690 valence electrons. The number of nitrogens with zero attached hydrogens (tertiary/aromatic N) is 9. The highest BCUT2D eigenvalue weighted by Crippen LogP contribution is 2.43. The predicted octanol–water partition coefficient (Wildman–Crippen LogP) is 28.1. The van der Waals surface area contributed by atoms with Crippen molar-refractivity contribution in [1.29, 1.82) is 0 Å². The number of aromatic nitrogens is 9. The van der Waals surface area contributed by atoms with E-state index in [9.17, 15) is 0 Å². The van der Waals surface area contributed by atoms with E-state index in [2.05, 4.69) is 567 Å². The molecule has 12 heteroatoms. The van der Waals surface area contributed by atoms with Crippen LogP contribution < -0.4 is 41.5 Å². The smallest absolute Gasteiger partial charge is 0.240 e. The van der Waals surface area contributed by atoms with Crippen LogP contribution in [0.1, 0.15) is 0 Å². The van der Waals surface area contributed by atoms with Crippen LogP contribution >= 0.6 is 0 Å². The van der Waals surface area contributed by atoms with E-state index in [1.165, 1.54) is 146 Å². The first-order valence-electron chi connectivity index (χ1n) is 50.2. The minimum atomic E-state index is -2.82. The molecule has 0 radical (unpaired) electrons. The van der Waals surface area contributed by atoms with Crippen molar-refractivity contribution in [2.45, 2.75) is 0 Å². The molecular formula is C135H91N9OSi2. The van der Waals surface area contributed by atoms with E-state index < -0.39 is 16.1 Å². The Bertz CT molecular complexity index is 9820. The lowest BCUT2D eigenvalue weighted by atomic mass is 10.1. The summed E-state index contributed by atoms with van der Waals surface area (Å²) in [5.74, 6) is 1.74. The van der Waals surface area contributed by atoms with Crippen molar-refractivity contribution in [2.75, 3.05) is 0 Å². The number of fused-ring (bicyclic) bond motifs is 21. The van der Waals surface area contributed by atoms with Gasteiger partial charge in [-0.25, -0.2) is 0 Å². The molecule has 8 heterocycles. The summed E-state index contributed by atoms with van der Waals surface area (Å²) in [5, 5.41) is 27.6. The topological polar surface area (TPSA) is 81.4 Å². The fourth-order valence-corrected chi connectivity index (χ4v) is 33.5. The monoisotopic (exact) mass is 1910 g/mol. The minimum absolute atomic E-state index is 0.567. The summed E-state index contributed by atoms with van der Waals surface area (Å²) < 4.78 is 20.1. The Hall–Kier alpha value is -19.1. The third kappa shape index (κ3) is 13.9. The van der Waals surface area contributed by atoms with Gasteiger partial charge >= 0.3 is 0 Å². The van der Waals surface area contributed by atoms with Gasteiger partial charge in [-0.2, -0.15) is 15.0 Å². The summed E-state index contributed by atoms with van der Waals surface area (Å²) in [4.78, 5) is 16.2. The molecule has 0 unspecified atom stereocenters. The maximum Gasteiger partial charge on any atom is 0.240 e. The van der Waals surface area contributed by atoms with E-state index in [1.54, 1.807) is 0 Å². The molecule has 0 atom stereocenters. The summed E-state index contributed by atoms with van der Waals surface area (Å²) >= 11 is 0. The molecule has 0 amide bonds. The van der Waals surface area contributed by atoms with Crippen molar-refractivity contribution >= 4 is 210 Å². The van der Waals surface area contributed by atoms with E-state index in [-0.39, 0.29) is 0 Å². The Morgan fingerprint density at radius 1 is 0.143 bits per heavy atom. The van der Waals surface area contributed by atoms with Crippen LogP contribution in [0, 0.1) is 0 Å². The van der Waals surface area contributed by atoms with E-state index >= 15 is 0 Å². The standard InChI is InChI=1S/C51H35N5Si.C48H34N2Si.C36H22N2O/c1-4-20-37(21-5-1)57(38-22-6-2-7-23-38,39-24-8-3-9-25-39)40-26-18-19-36(35-40)49-52-50(55-45-31-14-10-27-41(45)42-28-11-15-32-46(42)55)54-51(53-49)56-47-33-16-12-29-43(47)44-30-13-17-34-48(44)56;1-4-18-37(19-5-1)51(38-20-6-2-7-21-38,39-22-8-3-9-23-39)40-24-16-17-35(33-40)49-47-30-15-12-27-43(47)44-34-36(31-32-48(44)49)50-45-28-13-10-25-41(45)42-26-11-14-29-46(42)50;1-5-13-31-25(9-1)26-10-2-6-14-32(26)37(31)23-17-19-34-29(21-23)27-11-3-7-15-33(27)38(34)24-18-20-36-30(22-24)28-12-4-8-16-35(28)39-36/h1-35H;1-34H;1-22H. The van der Waals surface area contributed by atoms with Gasteiger partial charge in [0.25, 0.3) is 0 Å². The number of hydrogen-bond acceptors (Lipinski definition) is 4. The second kappa shape index (κ2) is 35.5. The average Bonchev–Trinajstić information content (AvgIpc) is 1.46. The number of furan rings is 1. The Morgan fingerprint density at radius 3 is 0.687 bits per heavy atom. The molecule has 0 fully saturated rings. The van der Waals surface area contributed by atoms with E-state index in [0.29, 0.717) is 17.7 Å². The number of benzene rings is 22. The molecule has 10 nitrogen and oxygen atoms in total. The molecule has 0 spiro atoms. The van der Waals surface area contributed by atoms with E-state index in [4.69, 9.17) is 19.4 Å². The number of hydrogen-bond donors (Lipinski definition) is 0. The molecule has 0 bridgehead atoms. The highest BCUT2D eigenvalue weighted by Gasteiger charge is 2.44. The zero-order valence-corrected chi connectivity index (χ0v) is 82.0. The molecule has 30 rings (SSSR count). The normalized spacial score (nSPS) is 11.9. The van der Waals surface area contributed by atoms with Gasteiger partial charge in [-0.3, -0.25) is 9.13 Å². The molecule has 0 N–H and O–H groups in total. The van der Waals surface area contributed by atoms with Gasteiger partial charge in [0.2, 0.25) is 11.9 Å². The number of para-hydroxylation sites is 11. The van der Waals surface area contributed by atoms with E-state index in [0.717, 1.165) is 76.8 Å². The third-order valence-corrected chi connectivity index (χ3v) is 39.7. The molecule has 0 aliphatic heterocycles. The van der Waals surface area contributed by atoms with E-state index in [1.807, 2.05) is 12.1 Å². The average molecular weight is 1910 g/mol. The molecule has 0 aliphatic rings. The van der Waals surface area contributed by atoms with Crippen molar-refractivity contribution in [1.82, 2.24) is 42.4 Å². The quantitative estimate of drug-likeness (QED) is 0.0756. The van der Waals surface area contributed by atoms with Crippen molar-refractivity contribution in [3.05, 3.63) is 552 Å². The van der Waals surface area contributed by atoms with Crippen LogP contribution in [-0.2, 0) is 0 Å². The first-order chi connectivity index (χ1) is 73.0. The van der Waals surface area contributed by atoms with Crippen LogP contribution in [0.3, 0.4) is 0 Å². The highest BCUT2D eigenvalue weighted by atomic mass is 28.3.